The Balaban J connectivity index is 1.93. The lowest BCUT2D eigenvalue weighted by molar-refractivity contribution is -0.0561. The molecule has 2 unspecified atom stereocenters. The van der Waals surface area contributed by atoms with Crippen molar-refractivity contribution in [3.05, 3.63) is 0 Å². The maximum absolute atomic E-state index is 5.87. The van der Waals surface area contributed by atoms with Crippen molar-refractivity contribution in [2.75, 3.05) is 46.4 Å². The first-order valence-electron chi connectivity index (χ1n) is 6.78. The van der Waals surface area contributed by atoms with Gasteiger partial charge in [-0.3, -0.25) is 9.80 Å². The van der Waals surface area contributed by atoms with E-state index < -0.39 is 0 Å². The average molecular weight is 241 g/mol. The van der Waals surface area contributed by atoms with Crippen molar-refractivity contribution in [3.63, 3.8) is 0 Å². The van der Waals surface area contributed by atoms with Crippen LogP contribution in [0.1, 0.15) is 20.8 Å². The highest BCUT2D eigenvalue weighted by atomic mass is 16.5. The molecule has 0 aliphatic carbocycles. The quantitative estimate of drug-likeness (QED) is 0.757. The van der Waals surface area contributed by atoms with Crippen molar-refractivity contribution in [3.8, 4) is 0 Å². The van der Waals surface area contributed by atoms with Gasteiger partial charge in [0.15, 0.2) is 0 Å². The fourth-order valence-corrected chi connectivity index (χ4v) is 2.76. The molecule has 0 bridgehead atoms. The fraction of sp³-hybridized carbons (Fsp3) is 1.00. The van der Waals surface area contributed by atoms with Gasteiger partial charge < -0.3 is 10.1 Å². The molecule has 4 heteroatoms. The van der Waals surface area contributed by atoms with Crippen LogP contribution in [0.2, 0.25) is 0 Å². The SMILES string of the molecule is CC(C1CNCCO1)N1CCN(C)C(C)(C)C1. The Hall–Kier alpha value is -0.160. The molecule has 0 radical (unpaired) electrons. The molecule has 0 spiro atoms. The molecular weight excluding hydrogens is 214 g/mol. The smallest absolute Gasteiger partial charge is 0.0852 e. The van der Waals surface area contributed by atoms with Gasteiger partial charge >= 0.3 is 0 Å². The largest absolute Gasteiger partial charge is 0.374 e. The molecule has 0 amide bonds. The molecule has 2 fully saturated rings. The molecule has 100 valence electrons. The van der Waals surface area contributed by atoms with Crippen LogP contribution in [0.25, 0.3) is 0 Å². The standard InChI is InChI=1S/C13H27N3O/c1-11(12-9-14-5-8-17-12)16-7-6-15(4)13(2,3)10-16/h11-12,14H,5-10H2,1-4H3. The van der Waals surface area contributed by atoms with Crippen molar-refractivity contribution in [1.29, 1.82) is 0 Å². The number of ether oxygens (including phenoxy) is 1. The molecule has 1 N–H and O–H groups in total. The van der Waals surface area contributed by atoms with Gasteiger partial charge in [0.2, 0.25) is 0 Å². The van der Waals surface area contributed by atoms with E-state index in [0.29, 0.717) is 12.1 Å². The molecule has 0 saturated carbocycles. The van der Waals surface area contributed by atoms with Gasteiger partial charge in [0.25, 0.3) is 0 Å². The Kier molecular flexibility index (Phi) is 4.08. The van der Waals surface area contributed by atoms with Crippen LogP contribution in [-0.4, -0.2) is 73.9 Å². The fourth-order valence-electron chi connectivity index (χ4n) is 2.76. The molecule has 0 aromatic rings. The van der Waals surface area contributed by atoms with Crippen LogP contribution in [0.3, 0.4) is 0 Å². The van der Waals surface area contributed by atoms with Crippen molar-refractivity contribution < 1.29 is 4.74 Å². The Labute approximate surface area is 105 Å². The van der Waals surface area contributed by atoms with E-state index in [1.54, 1.807) is 0 Å². The molecule has 4 nitrogen and oxygen atoms in total. The zero-order valence-corrected chi connectivity index (χ0v) is 11.7. The van der Waals surface area contributed by atoms with Crippen LogP contribution in [0, 0.1) is 0 Å². The van der Waals surface area contributed by atoms with Gasteiger partial charge in [-0.1, -0.05) is 0 Å². The van der Waals surface area contributed by atoms with Gasteiger partial charge in [0.1, 0.15) is 0 Å². The summed E-state index contributed by atoms with van der Waals surface area (Å²) in [7, 11) is 2.22. The maximum Gasteiger partial charge on any atom is 0.0852 e. The monoisotopic (exact) mass is 241 g/mol. The number of rotatable bonds is 2. The van der Waals surface area contributed by atoms with Gasteiger partial charge in [-0.05, 0) is 27.8 Å². The van der Waals surface area contributed by atoms with Crippen LogP contribution < -0.4 is 5.32 Å². The van der Waals surface area contributed by atoms with Gasteiger partial charge in [-0.2, -0.15) is 0 Å². The van der Waals surface area contributed by atoms with Gasteiger partial charge in [0.05, 0.1) is 12.7 Å². The average Bonchev–Trinajstić information content (AvgIpc) is 2.33. The lowest BCUT2D eigenvalue weighted by atomic mass is 9.97. The Morgan fingerprint density at radius 3 is 2.71 bits per heavy atom. The number of morpholine rings is 1. The molecular formula is C13H27N3O. The highest BCUT2D eigenvalue weighted by molar-refractivity contribution is 4.92. The van der Waals surface area contributed by atoms with E-state index in [4.69, 9.17) is 4.74 Å². The number of nitrogens with one attached hydrogen (secondary N) is 1. The molecule has 2 atom stereocenters. The summed E-state index contributed by atoms with van der Waals surface area (Å²) in [6, 6.07) is 0.510. The highest BCUT2D eigenvalue weighted by Crippen LogP contribution is 2.22. The lowest BCUT2D eigenvalue weighted by Gasteiger charge is -2.49. The maximum atomic E-state index is 5.87. The van der Waals surface area contributed by atoms with Crippen molar-refractivity contribution in [2.45, 2.75) is 38.5 Å². The van der Waals surface area contributed by atoms with E-state index in [1.807, 2.05) is 0 Å². The first-order chi connectivity index (χ1) is 8.00. The molecule has 0 aromatic carbocycles. The topological polar surface area (TPSA) is 27.7 Å². The Bertz CT molecular complexity index is 251. The second kappa shape index (κ2) is 5.22. The normalized spacial score (nSPS) is 33.5. The van der Waals surface area contributed by atoms with Crippen molar-refractivity contribution in [2.24, 2.45) is 0 Å². The zero-order valence-electron chi connectivity index (χ0n) is 11.7. The molecule has 2 aliphatic rings. The molecule has 2 heterocycles. The van der Waals surface area contributed by atoms with E-state index in [2.05, 4.69) is 42.9 Å². The van der Waals surface area contributed by atoms with Crippen LogP contribution in [-0.2, 0) is 4.74 Å². The second-order valence-corrected chi connectivity index (χ2v) is 6.06. The summed E-state index contributed by atoms with van der Waals surface area (Å²) in [5, 5.41) is 3.42. The summed E-state index contributed by atoms with van der Waals surface area (Å²) in [5.74, 6) is 0. The van der Waals surface area contributed by atoms with E-state index in [1.165, 1.54) is 0 Å². The first kappa shape index (κ1) is 13.3. The number of likely N-dealkylation sites (N-methyl/N-ethyl adjacent to an activating group) is 1. The molecule has 2 saturated heterocycles. The van der Waals surface area contributed by atoms with Crippen LogP contribution in [0.4, 0.5) is 0 Å². The summed E-state index contributed by atoms with van der Waals surface area (Å²) in [5.41, 5.74) is 0.272. The number of hydrogen-bond acceptors (Lipinski definition) is 4. The molecule has 0 aromatic heterocycles. The predicted molar refractivity (Wildman–Crippen MR) is 70.4 cm³/mol. The first-order valence-corrected chi connectivity index (χ1v) is 6.78. The van der Waals surface area contributed by atoms with Crippen LogP contribution >= 0.6 is 0 Å². The third-order valence-corrected chi connectivity index (χ3v) is 4.42. The van der Waals surface area contributed by atoms with E-state index in [-0.39, 0.29) is 5.54 Å². The minimum absolute atomic E-state index is 0.272. The summed E-state index contributed by atoms with van der Waals surface area (Å²) >= 11 is 0. The van der Waals surface area contributed by atoms with Gasteiger partial charge in [0, 0.05) is 44.3 Å². The Morgan fingerprint density at radius 2 is 2.12 bits per heavy atom. The zero-order chi connectivity index (χ0) is 12.5. The Morgan fingerprint density at radius 1 is 1.35 bits per heavy atom. The second-order valence-electron chi connectivity index (χ2n) is 6.06. The third-order valence-electron chi connectivity index (χ3n) is 4.42. The van der Waals surface area contributed by atoms with E-state index >= 15 is 0 Å². The predicted octanol–water partition coefficient (Wildman–Crippen LogP) is 0.389. The summed E-state index contributed by atoms with van der Waals surface area (Å²) < 4.78 is 5.87. The summed E-state index contributed by atoms with van der Waals surface area (Å²) in [6.45, 7) is 13.2. The number of nitrogens with zero attached hydrogens (tertiary/aromatic N) is 2. The van der Waals surface area contributed by atoms with Gasteiger partial charge in [-0.25, -0.2) is 0 Å². The minimum Gasteiger partial charge on any atom is -0.374 e. The summed E-state index contributed by atoms with van der Waals surface area (Å²) in [6.07, 6.45) is 0.350. The molecule has 2 rings (SSSR count). The highest BCUT2D eigenvalue weighted by Gasteiger charge is 2.35. The lowest BCUT2D eigenvalue weighted by Crippen LogP contribution is -2.62. The number of hydrogen-bond donors (Lipinski definition) is 1. The molecule has 17 heavy (non-hydrogen) atoms. The van der Waals surface area contributed by atoms with Crippen molar-refractivity contribution in [1.82, 2.24) is 15.1 Å². The molecule has 2 aliphatic heterocycles. The summed E-state index contributed by atoms with van der Waals surface area (Å²) in [4.78, 5) is 5.04. The van der Waals surface area contributed by atoms with Crippen LogP contribution in [0.15, 0.2) is 0 Å². The van der Waals surface area contributed by atoms with E-state index in [0.717, 1.165) is 39.3 Å². The van der Waals surface area contributed by atoms with E-state index in [9.17, 15) is 0 Å². The third kappa shape index (κ3) is 2.99. The van der Waals surface area contributed by atoms with Crippen molar-refractivity contribution >= 4 is 0 Å². The van der Waals surface area contributed by atoms with Gasteiger partial charge in [-0.15, -0.1) is 0 Å². The number of piperazine rings is 1. The van der Waals surface area contributed by atoms with Crippen LogP contribution in [0.5, 0.6) is 0 Å². The minimum atomic E-state index is 0.272.